The number of hydrogen-bond donors (Lipinski definition) is 3. The monoisotopic (exact) mass is 523 g/mol. The second-order valence-electron chi connectivity index (χ2n) is 8.12. The van der Waals surface area contributed by atoms with Crippen LogP contribution in [0.3, 0.4) is 0 Å². The Kier molecular flexibility index (Phi) is 7.57. The number of carbonyl (C=O) groups is 3. The van der Waals surface area contributed by atoms with Crippen LogP contribution in [0, 0.1) is 0 Å². The van der Waals surface area contributed by atoms with Crippen LogP contribution >= 0.6 is 23.2 Å². The number of urea groups is 1. The molecule has 0 aromatic heterocycles. The molecule has 1 heterocycles. The molecule has 184 valence electrons. The van der Waals surface area contributed by atoms with Gasteiger partial charge in [0.15, 0.2) is 0 Å². The summed E-state index contributed by atoms with van der Waals surface area (Å²) in [6.07, 6.45) is -1.19. The third-order valence-corrected chi connectivity index (χ3v) is 6.33. The van der Waals surface area contributed by atoms with Gasteiger partial charge < -0.3 is 20.9 Å². The Balaban J connectivity index is 1.52. The number of para-hydroxylation sites is 1. The number of benzene rings is 3. The van der Waals surface area contributed by atoms with E-state index in [2.05, 4.69) is 20.9 Å². The number of halogens is 2. The van der Waals surface area contributed by atoms with Gasteiger partial charge in [0.25, 0.3) is 5.91 Å². The molecule has 0 fully saturated rings. The first-order valence-electron chi connectivity index (χ1n) is 11.1. The van der Waals surface area contributed by atoms with Gasteiger partial charge in [-0.15, -0.1) is 0 Å². The van der Waals surface area contributed by atoms with E-state index in [1.807, 2.05) is 54.6 Å². The number of aliphatic imine (C=N–C) groups is 1. The predicted molar refractivity (Wildman–Crippen MR) is 142 cm³/mol. The third-order valence-electron chi connectivity index (χ3n) is 5.59. The number of nitrogens with zero attached hydrogens (tertiary/aromatic N) is 2. The smallest absolute Gasteiger partial charge is 0.319 e. The van der Waals surface area contributed by atoms with Crippen molar-refractivity contribution >= 4 is 58.1 Å². The first kappa shape index (κ1) is 25.2. The average molecular weight is 524 g/mol. The lowest BCUT2D eigenvalue weighted by Crippen LogP contribution is -2.52. The standard InChI is InChI=1S/C26H23Cl2N5O3/c1-15(29-26(36)30-17-12-13-19(27)20(28)14-17)24(34)32-23-25(35)33(2)21-11-7-6-10-18(21)22(31-23)16-8-4-3-5-9-16/h3-15,23H,1-2H3,(H,32,34)(H2,29,30,36)/t15-,23+/m0/s1. The van der Waals surface area contributed by atoms with Crippen LogP contribution in [0.1, 0.15) is 18.1 Å². The molecule has 4 rings (SSSR count). The molecule has 0 unspecified atom stereocenters. The summed E-state index contributed by atoms with van der Waals surface area (Å²) in [5, 5.41) is 8.43. The molecule has 3 aromatic carbocycles. The van der Waals surface area contributed by atoms with Gasteiger partial charge in [-0.1, -0.05) is 71.7 Å². The first-order valence-corrected chi connectivity index (χ1v) is 11.8. The molecule has 0 saturated heterocycles. The average Bonchev–Trinajstić information content (AvgIpc) is 2.97. The van der Waals surface area contributed by atoms with Crippen molar-refractivity contribution in [3.05, 3.63) is 94.0 Å². The van der Waals surface area contributed by atoms with E-state index in [0.717, 1.165) is 11.1 Å². The molecule has 2 atom stereocenters. The van der Waals surface area contributed by atoms with Gasteiger partial charge in [0, 0.05) is 23.9 Å². The topological polar surface area (TPSA) is 103 Å². The highest BCUT2D eigenvalue weighted by Gasteiger charge is 2.32. The van der Waals surface area contributed by atoms with Crippen LogP contribution < -0.4 is 20.9 Å². The largest absolute Gasteiger partial charge is 0.326 e. The number of carbonyl (C=O) groups excluding carboxylic acids is 3. The summed E-state index contributed by atoms with van der Waals surface area (Å²) in [6.45, 7) is 1.51. The molecule has 36 heavy (non-hydrogen) atoms. The number of hydrogen-bond acceptors (Lipinski definition) is 4. The molecule has 0 saturated carbocycles. The summed E-state index contributed by atoms with van der Waals surface area (Å²) in [5.74, 6) is -0.984. The second-order valence-corrected chi connectivity index (χ2v) is 8.93. The van der Waals surface area contributed by atoms with E-state index >= 15 is 0 Å². The van der Waals surface area contributed by atoms with Crippen molar-refractivity contribution in [2.45, 2.75) is 19.1 Å². The van der Waals surface area contributed by atoms with E-state index in [4.69, 9.17) is 23.2 Å². The Morgan fingerprint density at radius 3 is 2.39 bits per heavy atom. The summed E-state index contributed by atoms with van der Waals surface area (Å²) in [4.78, 5) is 44.7. The van der Waals surface area contributed by atoms with Crippen molar-refractivity contribution in [2.75, 3.05) is 17.3 Å². The summed E-state index contributed by atoms with van der Waals surface area (Å²) >= 11 is 11.9. The van der Waals surface area contributed by atoms with Gasteiger partial charge in [0.2, 0.25) is 12.1 Å². The summed E-state index contributed by atoms with van der Waals surface area (Å²) in [5.41, 5.74) is 3.23. The highest BCUT2D eigenvalue weighted by molar-refractivity contribution is 6.42. The molecule has 3 N–H and O–H groups in total. The zero-order valence-electron chi connectivity index (χ0n) is 19.5. The van der Waals surface area contributed by atoms with Crippen LogP contribution in [0.25, 0.3) is 0 Å². The van der Waals surface area contributed by atoms with E-state index in [1.165, 1.54) is 17.9 Å². The number of rotatable bonds is 5. The molecule has 0 aliphatic carbocycles. The Morgan fingerprint density at radius 1 is 0.972 bits per heavy atom. The van der Waals surface area contributed by atoms with Crippen molar-refractivity contribution < 1.29 is 14.4 Å². The summed E-state index contributed by atoms with van der Waals surface area (Å²) < 4.78 is 0. The van der Waals surface area contributed by atoms with E-state index in [9.17, 15) is 14.4 Å². The lowest BCUT2D eigenvalue weighted by atomic mass is 10.0. The molecule has 10 heteroatoms. The highest BCUT2D eigenvalue weighted by Crippen LogP contribution is 2.27. The molecule has 4 amide bonds. The maximum atomic E-state index is 13.2. The number of amides is 4. The third kappa shape index (κ3) is 5.50. The Morgan fingerprint density at radius 2 is 1.67 bits per heavy atom. The molecule has 1 aliphatic heterocycles. The maximum Gasteiger partial charge on any atom is 0.319 e. The van der Waals surface area contributed by atoms with Crippen molar-refractivity contribution in [1.29, 1.82) is 0 Å². The van der Waals surface area contributed by atoms with Crippen molar-refractivity contribution in [3.8, 4) is 0 Å². The molecule has 0 bridgehead atoms. The van der Waals surface area contributed by atoms with E-state index in [1.54, 1.807) is 19.2 Å². The Bertz CT molecular complexity index is 1350. The zero-order valence-corrected chi connectivity index (χ0v) is 21.0. The Hall–Kier alpha value is -3.88. The van der Waals surface area contributed by atoms with Crippen LogP contribution in [0.2, 0.25) is 10.0 Å². The minimum atomic E-state index is -1.19. The minimum absolute atomic E-state index is 0.282. The van der Waals surface area contributed by atoms with Crippen LogP contribution in [-0.4, -0.2) is 42.8 Å². The molecule has 0 spiro atoms. The quantitative estimate of drug-likeness (QED) is 0.459. The Labute approximate surface area is 218 Å². The van der Waals surface area contributed by atoms with Crippen LogP contribution in [0.4, 0.5) is 16.2 Å². The zero-order chi connectivity index (χ0) is 25.8. The number of likely N-dealkylation sites (N-methyl/N-ethyl adjacent to an activating group) is 1. The normalized spacial score (nSPS) is 15.8. The van der Waals surface area contributed by atoms with Gasteiger partial charge in [-0.3, -0.25) is 9.59 Å². The first-order chi connectivity index (χ1) is 17.2. The highest BCUT2D eigenvalue weighted by atomic mass is 35.5. The van der Waals surface area contributed by atoms with Gasteiger partial charge in [-0.2, -0.15) is 0 Å². The molecular formula is C26H23Cl2N5O3. The fraction of sp³-hybridized carbons (Fsp3) is 0.154. The van der Waals surface area contributed by atoms with Gasteiger partial charge in [-0.25, -0.2) is 9.79 Å². The number of benzodiazepines with no additional fused rings is 1. The van der Waals surface area contributed by atoms with Crippen molar-refractivity contribution in [1.82, 2.24) is 10.6 Å². The SMILES string of the molecule is C[C@H](NC(=O)Nc1ccc(Cl)c(Cl)c1)C(=O)N[C@H]1N=C(c2ccccc2)c2ccccc2N(C)C1=O. The second kappa shape index (κ2) is 10.8. The molecule has 0 radical (unpaired) electrons. The van der Waals surface area contributed by atoms with Gasteiger partial charge in [0.05, 0.1) is 21.4 Å². The molecule has 8 nitrogen and oxygen atoms in total. The van der Waals surface area contributed by atoms with Gasteiger partial charge in [-0.05, 0) is 31.2 Å². The number of nitrogens with one attached hydrogen (secondary N) is 3. The maximum absolute atomic E-state index is 13.2. The molecule has 3 aromatic rings. The van der Waals surface area contributed by atoms with E-state index < -0.39 is 30.1 Å². The fourth-order valence-corrected chi connectivity index (χ4v) is 4.00. The van der Waals surface area contributed by atoms with Crippen LogP contribution in [0.15, 0.2) is 77.8 Å². The van der Waals surface area contributed by atoms with Crippen LogP contribution in [-0.2, 0) is 9.59 Å². The van der Waals surface area contributed by atoms with Gasteiger partial charge >= 0.3 is 6.03 Å². The minimum Gasteiger partial charge on any atom is -0.326 e. The predicted octanol–water partition coefficient (Wildman–Crippen LogP) is 4.46. The van der Waals surface area contributed by atoms with E-state index in [-0.39, 0.29) is 5.02 Å². The van der Waals surface area contributed by atoms with Gasteiger partial charge in [0.1, 0.15) is 6.04 Å². The summed E-state index contributed by atoms with van der Waals surface area (Å²) in [7, 11) is 1.64. The number of fused-ring (bicyclic) bond motifs is 1. The van der Waals surface area contributed by atoms with Crippen LogP contribution in [0.5, 0.6) is 0 Å². The summed E-state index contributed by atoms with van der Waals surface area (Å²) in [6, 6.07) is 19.9. The molecule has 1 aliphatic rings. The lowest BCUT2D eigenvalue weighted by Gasteiger charge is -2.22. The fourth-order valence-electron chi connectivity index (χ4n) is 3.71. The van der Waals surface area contributed by atoms with Crippen molar-refractivity contribution in [3.63, 3.8) is 0 Å². The molecular weight excluding hydrogens is 501 g/mol. The lowest BCUT2D eigenvalue weighted by molar-refractivity contribution is -0.128. The number of anilines is 2. The van der Waals surface area contributed by atoms with E-state index in [0.29, 0.717) is 22.1 Å². The van der Waals surface area contributed by atoms with Crippen molar-refractivity contribution in [2.24, 2.45) is 4.99 Å².